The standard InChI is InChI=1S/C79H88BN3O/c1-49-41-58-60(78(15,16)39-37-76(58,11)12)47-65(49)82-66-48-61-59(77(13,14)38-40-79(61,17)18)46-62(66)80-70-67(82)44-54(81(53-29-23-20-24-30-53)64-32-26-25-31-57(64)75(8,9)10)45-68(70)83(71-56-43-52(74(5,6)7)34-36-69(56)84-72(71)80)63-35-33-51(73(2,3)4)42-55(63)50-27-21-19-22-28-50/h19-36,41-48H,37-40H2,1-18H3. The minimum absolute atomic E-state index is 0.0166. The van der Waals surface area contributed by atoms with E-state index in [0.29, 0.717) is 0 Å². The van der Waals surface area contributed by atoms with Gasteiger partial charge in [-0.1, -0.05) is 209 Å². The van der Waals surface area contributed by atoms with Crippen LogP contribution in [0.25, 0.3) is 22.1 Å². The number of aryl methyl sites for hydroxylation is 1. The van der Waals surface area contributed by atoms with E-state index in [9.17, 15) is 0 Å². The fraction of sp³-hybridized carbons (Fsp3) is 0.367. The monoisotopic (exact) mass is 1110 g/mol. The van der Waals surface area contributed by atoms with Gasteiger partial charge in [-0.3, -0.25) is 0 Å². The third-order valence-corrected chi connectivity index (χ3v) is 20.3. The molecule has 0 fully saturated rings. The molecule has 0 amide bonds. The predicted octanol–water partition coefficient (Wildman–Crippen LogP) is 20.6. The molecule has 3 heterocycles. The molecule has 1 aromatic heterocycles. The zero-order valence-corrected chi connectivity index (χ0v) is 53.7. The van der Waals surface area contributed by atoms with Crippen molar-refractivity contribution in [3.63, 3.8) is 0 Å². The van der Waals surface area contributed by atoms with Crippen molar-refractivity contribution < 1.29 is 4.42 Å². The topological polar surface area (TPSA) is 22.9 Å². The Kier molecular flexibility index (Phi) is 12.6. The maximum atomic E-state index is 7.76. The molecular weight excluding hydrogens is 1020 g/mol. The Morgan fingerprint density at radius 3 is 1.56 bits per heavy atom. The Morgan fingerprint density at radius 1 is 0.452 bits per heavy atom. The Bertz CT molecular complexity index is 4110. The van der Waals surface area contributed by atoms with Gasteiger partial charge in [0.25, 0.3) is 6.71 Å². The van der Waals surface area contributed by atoms with Crippen LogP contribution in [0.4, 0.5) is 51.2 Å². The third-order valence-electron chi connectivity index (χ3n) is 20.3. The van der Waals surface area contributed by atoms with Gasteiger partial charge in [0.1, 0.15) is 5.58 Å². The summed E-state index contributed by atoms with van der Waals surface area (Å²) in [7, 11) is 0. The van der Waals surface area contributed by atoms with Crippen LogP contribution in [0.15, 0.2) is 162 Å². The molecule has 4 nitrogen and oxygen atoms in total. The summed E-state index contributed by atoms with van der Waals surface area (Å²) in [5.41, 5.74) is 27.8. The molecule has 13 rings (SSSR count). The molecule has 2 aliphatic heterocycles. The molecule has 0 atom stereocenters. The van der Waals surface area contributed by atoms with Gasteiger partial charge >= 0.3 is 0 Å². The van der Waals surface area contributed by atoms with Crippen molar-refractivity contribution in [2.75, 3.05) is 14.7 Å². The fourth-order valence-electron chi connectivity index (χ4n) is 14.9. The second-order valence-corrected chi connectivity index (χ2v) is 31.2. The molecule has 0 N–H and O–H groups in total. The van der Waals surface area contributed by atoms with E-state index in [1.54, 1.807) is 0 Å². The van der Waals surface area contributed by atoms with Gasteiger partial charge < -0.3 is 19.1 Å². The molecule has 8 aromatic carbocycles. The summed E-state index contributed by atoms with van der Waals surface area (Å²) < 4.78 is 7.76. The van der Waals surface area contributed by atoms with Crippen LogP contribution in [0.1, 0.15) is 188 Å². The fourth-order valence-corrected chi connectivity index (χ4v) is 14.9. The highest BCUT2D eigenvalue weighted by Crippen LogP contribution is 2.57. The van der Waals surface area contributed by atoms with Gasteiger partial charge in [0.15, 0.2) is 0 Å². The summed E-state index contributed by atoms with van der Waals surface area (Å²) in [5.74, 6) is 0. The van der Waals surface area contributed by atoms with Crippen LogP contribution < -0.4 is 31.3 Å². The summed E-state index contributed by atoms with van der Waals surface area (Å²) in [6, 6.07) is 61.3. The molecular formula is C79H88BN3O. The van der Waals surface area contributed by atoms with Crippen LogP contribution in [0, 0.1) is 6.92 Å². The van der Waals surface area contributed by atoms with Crippen LogP contribution in [-0.2, 0) is 37.9 Å². The van der Waals surface area contributed by atoms with Crippen molar-refractivity contribution >= 4 is 85.5 Å². The molecule has 0 radical (unpaired) electrons. The quantitative estimate of drug-likeness (QED) is 0.155. The number of nitrogens with zero attached hydrogens (tertiary/aromatic N) is 3. The number of hydrogen-bond acceptors (Lipinski definition) is 4. The molecule has 84 heavy (non-hydrogen) atoms. The van der Waals surface area contributed by atoms with E-state index >= 15 is 0 Å². The zero-order valence-electron chi connectivity index (χ0n) is 53.7. The van der Waals surface area contributed by atoms with Crippen LogP contribution in [0.2, 0.25) is 0 Å². The second-order valence-electron chi connectivity index (χ2n) is 31.2. The predicted molar refractivity (Wildman–Crippen MR) is 362 cm³/mol. The average Bonchev–Trinajstić information content (AvgIpc) is 1.17. The Labute approximate surface area is 503 Å². The Morgan fingerprint density at radius 2 is 0.964 bits per heavy atom. The molecule has 2 aliphatic carbocycles. The molecule has 0 bridgehead atoms. The highest BCUT2D eigenvalue weighted by Gasteiger charge is 2.51. The van der Waals surface area contributed by atoms with Crippen molar-refractivity contribution in [3.05, 3.63) is 202 Å². The summed E-state index contributed by atoms with van der Waals surface area (Å²) in [5, 5.41) is 1.13. The van der Waals surface area contributed by atoms with Crippen LogP contribution in [-0.4, -0.2) is 6.71 Å². The minimum Gasteiger partial charge on any atom is -0.468 e. The summed E-state index contributed by atoms with van der Waals surface area (Å²) >= 11 is 0. The number of para-hydroxylation sites is 2. The Hall–Kier alpha value is -7.24. The van der Waals surface area contributed by atoms with Gasteiger partial charge in [-0.25, -0.2) is 0 Å². The molecule has 0 spiro atoms. The van der Waals surface area contributed by atoms with Crippen molar-refractivity contribution in [3.8, 4) is 11.1 Å². The first-order valence-electron chi connectivity index (χ1n) is 31.3. The van der Waals surface area contributed by atoms with Crippen LogP contribution in [0.3, 0.4) is 0 Å². The van der Waals surface area contributed by atoms with E-state index in [0.717, 1.165) is 70.7 Å². The molecule has 0 saturated heterocycles. The van der Waals surface area contributed by atoms with E-state index in [1.807, 2.05) is 0 Å². The first kappa shape index (κ1) is 55.9. The van der Waals surface area contributed by atoms with E-state index in [4.69, 9.17) is 4.42 Å². The van der Waals surface area contributed by atoms with Crippen LogP contribution >= 0.6 is 0 Å². The van der Waals surface area contributed by atoms with E-state index in [1.165, 1.54) is 89.3 Å². The van der Waals surface area contributed by atoms with Crippen molar-refractivity contribution in [1.29, 1.82) is 0 Å². The lowest BCUT2D eigenvalue weighted by molar-refractivity contribution is 0.331. The third kappa shape index (κ3) is 8.90. The lowest BCUT2D eigenvalue weighted by Gasteiger charge is -2.48. The van der Waals surface area contributed by atoms with Crippen LogP contribution in [0.5, 0.6) is 0 Å². The highest BCUT2D eigenvalue weighted by atomic mass is 16.3. The first-order chi connectivity index (χ1) is 39.4. The molecule has 0 saturated carbocycles. The van der Waals surface area contributed by atoms with Gasteiger partial charge in [0, 0.05) is 45.1 Å². The zero-order chi connectivity index (χ0) is 59.6. The molecule has 0 unspecified atom stereocenters. The molecule has 4 aliphatic rings. The molecule has 428 valence electrons. The average molecular weight is 1110 g/mol. The van der Waals surface area contributed by atoms with Gasteiger partial charge in [0.2, 0.25) is 0 Å². The Balaban J connectivity index is 1.25. The maximum Gasteiger partial charge on any atom is 0.297 e. The lowest BCUT2D eigenvalue weighted by Crippen LogP contribution is -2.61. The van der Waals surface area contributed by atoms with E-state index in [2.05, 4.69) is 297 Å². The SMILES string of the molecule is Cc1cc2c(cc1N1c3cc4c(cc3B3c5oc6ccc(C(C)(C)C)cc6c5N(c5ccc(C(C)(C)C)cc5-c5ccccc5)c5cc(N(c6ccccc6)c6ccccc6C(C)(C)C)cc1c53)C(C)(C)CCC4(C)C)C(C)(C)CCC2(C)C. The first-order valence-corrected chi connectivity index (χ1v) is 31.3. The number of rotatable bonds is 6. The smallest absolute Gasteiger partial charge is 0.297 e. The summed E-state index contributed by atoms with van der Waals surface area (Å²) in [6.07, 6.45) is 4.54. The molecule has 9 aromatic rings. The van der Waals surface area contributed by atoms with Gasteiger partial charge in [-0.2, -0.15) is 0 Å². The number of hydrogen-bond donors (Lipinski definition) is 0. The normalized spacial score (nSPS) is 17.3. The number of furan rings is 1. The van der Waals surface area contributed by atoms with Gasteiger partial charge in [-0.05, 0) is 198 Å². The largest absolute Gasteiger partial charge is 0.468 e. The highest BCUT2D eigenvalue weighted by molar-refractivity contribution is 7.00. The summed E-state index contributed by atoms with van der Waals surface area (Å²) in [6.45, 7) is 43.1. The molecule has 5 heteroatoms. The number of anilines is 9. The van der Waals surface area contributed by atoms with E-state index < -0.39 is 0 Å². The van der Waals surface area contributed by atoms with Crippen molar-refractivity contribution in [2.24, 2.45) is 0 Å². The minimum atomic E-state index is -0.243. The summed E-state index contributed by atoms with van der Waals surface area (Å²) in [4.78, 5) is 7.95. The van der Waals surface area contributed by atoms with Gasteiger partial charge in [-0.15, -0.1) is 0 Å². The number of fused-ring (bicyclic) bond motifs is 8. The van der Waals surface area contributed by atoms with Crippen molar-refractivity contribution in [1.82, 2.24) is 0 Å². The lowest BCUT2D eigenvalue weighted by atomic mass is 9.35. The maximum absolute atomic E-state index is 7.76. The van der Waals surface area contributed by atoms with Gasteiger partial charge in [0.05, 0.1) is 22.7 Å². The van der Waals surface area contributed by atoms with E-state index in [-0.39, 0.29) is 44.6 Å². The van der Waals surface area contributed by atoms with Crippen molar-refractivity contribution in [2.45, 2.75) is 188 Å². The number of benzene rings is 8. The second kappa shape index (κ2) is 18.9.